The SMILES string of the molecule is CCCS(=O)(=O)CCn1cc(CO)c2cccnc21. The zero-order valence-corrected chi connectivity index (χ0v) is 11.7. The Morgan fingerprint density at radius 3 is 2.84 bits per heavy atom. The molecule has 0 aliphatic carbocycles. The van der Waals surface area contributed by atoms with Gasteiger partial charge in [-0.25, -0.2) is 13.4 Å². The minimum Gasteiger partial charge on any atom is -0.392 e. The molecule has 0 saturated heterocycles. The van der Waals surface area contributed by atoms with Crippen LogP contribution < -0.4 is 0 Å². The molecule has 5 nitrogen and oxygen atoms in total. The Labute approximate surface area is 112 Å². The van der Waals surface area contributed by atoms with Crippen LogP contribution in [-0.2, 0) is 23.0 Å². The highest BCUT2D eigenvalue weighted by Gasteiger charge is 2.13. The molecular formula is C13H18N2O3S. The third kappa shape index (κ3) is 3.13. The summed E-state index contributed by atoms with van der Waals surface area (Å²) in [7, 11) is -3.01. The maximum atomic E-state index is 11.7. The van der Waals surface area contributed by atoms with Crippen LogP contribution >= 0.6 is 0 Å². The van der Waals surface area contributed by atoms with Gasteiger partial charge in [-0.15, -0.1) is 0 Å². The van der Waals surface area contributed by atoms with Crippen molar-refractivity contribution in [3.8, 4) is 0 Å². The third-order valence-electron chi connectivity index (χ3n) is 3.05. The van der Waals surface area contributed by atoms with Crippen LogP contribution in [0.1, 0.15) is 18.9 Å². The molecule has 104 valence electrons. The van der Waals surface area contributed by atoms with Gasteiger partial charge in [0.25, 0.3) is 0 Å². The van der Waals surface area contributed by atoms with E-state index in [1.807, 2.05) is 13.0 Å². The highest BCUT2D eigenvalue weighted by atomic mass is 32.2. The number of aliphatic hydroxyl groups is 1. The van der Waals surface area contributed by atoms with Gasteiger partial charge in [0.1, 0.15) is 5.65 Å². The van der Waals surface area contributed by atoms with Gasteiger partial charge < -0.3 is 9.67 Å². The normalized spacial score (nSPS) is 12.1. The summed E-state index contributed by atoms with van der Waals surface area (Å²) in [6.07, 6.45) is 4.08. The fourth-order valence-corrected chi connectivity index (χ4v) is 3.44. The lowest BCUT2D eigenvalue weighted by molar-refractivity contribution is 0.283. The first kappa shape index (κ1) is 14.0. The Balaban J connectivity index is 2.26. The van der Waals surface area contributed by atoms with Crippen LogP contribution in [0.25, 0.3) is 11.0 Å². The second kappa shape index (κ2) is 5.71. The van der Waals surface area contributed by atoms with E-state index < -0.39 is 9.84 Å². The summed E-state index contributed by atoms with van der Waals surface area (Å²) in [5.74, 6) is 0.318. The number of sulfone groups is 1. The molecule has 2 aromatic rings. The van der Waals surface area contributed by atoms with Gasteiger partial charge in [0, 0.05) is 35.6 Å². The standard InChI is InChI=1S/C13H18N2O3S/c1-2-7-19(17,18)8-6-15-9-11(10-16)12-4-3-5-14-13(12)15/h3-5,9,16H,2,6-8,10H2,1H3. The summed E-state index contributed by atoms with van der Waals surface area (Å²) in [5, 5.41) is 10.2. The predicted octanol–water partition coefficient (Wildman–Crippen LogP) is 1.35. The Morgan fingerprint density at radius 2 is 2.16 bits per heavy atom. The van der Waals surface area contributed by atoms with E-state index in [9.17, 15) is 13.5 Å². The van der Waals surface area contributed by atoms with E-state index in [4.69, 9.17) is 0 Å². The topological polar surface area (TPSA) is 72.2 Å². The molecule has 0 aliphatic heterocycles. The Morgan fingerprint density at radius 1 is 1.37 bits per heavy atom. The fraction of sp³-hybridized carbons (Fsp3) is 0.462. The van der Waals surface area contributed by atoms with E-state index in [-0.39, 0.29) is 18.1 Å². The van der Waals surface area contributed by atoms with Gasteiger partial charge in [0.15, 0.2) is 9.84 Å². The quantitative estimate of drug-likeness (QED) is 0.868. The molecule has 0 fully saturated rings. The molecule has 0 aromatic carbocycles. The molecule has 2 aromatic heterocycles. The highest BCUT2D eigenvalue weighted by Crippen LogP contribution is 2.19. The number of rotatable bonds is 6. The van der Waals surface area contributed by atoms with E-state index in [2.05, 4.69) is 4.98 Å². The molecule has 2 rings (SSSR count). The maximum absolute atomic E-state index is 11.7. The molecule has 0 atom stereocenters. The van der Waals surface area contributed by atoms with Gasteiger partial charge in [0.05, 0.1) is 12.4 Å². The summed E-state index contributed by atoms with van der Waals surface area (Å²) in [6.45, 7) is 2.15. The maximum Gasteiger partial charge on any atom is 0.152 e. The van der Waals surface area contributed by atoms with Gasteiger partial charge in [0.2, 0.25) is 0 Å². The Kier molecular flexibility index (Phi) is 4.21. The average Bonchev–Trinajstić information content (AvgIpc) is 2.75. The first-order chi connectivity index (χ1) is 9.07. The van der Waals surface area contributed by atoms with Crippen molar-refractivity contribution in [1.29, 1.82) is 0 Å². The van der Waals surface area contributed by atoms with Crippen molar-refractivity contribution in [3.63, 3.8) is 0 Å². The van der Waals surface area contributed by atoms with E-state index >= 15 is 0 Å². The van der Waals surface area contributed by atoms with Crippen LogP contribution in [0.5, 0.6) is 0 Å². The summed E-state index contributed by atoms with van der Waals surface area (Å²) < 4.78 is 25.3. The average molecular weight is 282 g/mol. The monoisotopic (exact) mass is 282 g/mol. The van der Waals surface area contributed by atoms with Gasteiger partial charge >= 0.3 is 0 Å². The Bertz CT molecular complexity index is 662. The van der Waals surface area contributed by atoms with Crippen LogP contribution in [0.15, 0.2) is 24.5 Å². The smallest absolute Gasteiger partial charge is 0.152 e. The van der Waals surface area contributed by atoms with Gasteiger partial charge in [-0.05, 0) is 18.6 Å². The largest absolute Gasteiger partial charge is 0.392 e. The highest BCUT2D eigenvalue weighted by molar-refractivity contribution is 7.91. The lowest BCUT2D eigenvalue weighted by atomic mass is 10.2. The number of nitrogens with zero attached hydrogens (tertiary/aromatic N) is 2. The van der Waals surface area contributed by atoms with Crippen LogP contribution in [0, 0.1) is 0 Å². The molecule has 0 bridgehead atoms. The molecule has 19 heavy (non-hydrogen) atoms. The Hall–Kier alpha value is -1.40. The van der Waals surface area contributed by atoms with Crippen LogP contribution in [0.2, 0.25) is 0 Å². The van der Waals surface area contributed by atoms with Crippen LogP contribution in [0.4, 0.5) is 0 Å². The first-order valence-corrected chi connectivity index (χ1v) is 8.13. The van der Waals surface area contributed by atoms with E-state index in [1.165, 1.54) is 0 Å². The summed E-state index contributed by atoms with van der Waals surface area (Å²) in [6, 6.07) is 3.69. The second-order valence-corrected chi connectivity index (χ2v) is 6.84. The van der Waals surface area contributed by atoms with Gasteiger partial charge in [-0.1, -0.05) is 6.92 Å². The molecule has 0 amide bonds. The lowest BCUT2D eigenvalue weighted by Gasteiger charge is -2.05. The number of hydrogen-bond acceptors (Lipinski definition) is 4. The minimum atomic E-state index is -3.01. The summed E-state index contributed by atoms with van der Waals surface area (Å²) in [5.41, 5.74) is 1.49. The minimum absolute atomic E-state index is 0.0725. The third-order valence-corrected chi connectivity index (χ3v) is 4.88. The van der Waals surface area contributed by atoms with Crippen molar-refractivity contribution in [1.82, 2.24) is 9.55 Å². The molecule has 6 heteroatoms. The lowest BCUT2D eigenvalue weighted by Crippen LogP contribution is -2.15. The first-order valence-electron chi connectivity index (χ1n) is 6.31. The van der Waals surface area contributed by atoms with Gasteiger partial charge in [-0.3, -0.25) is 0 Å². The second-order valence-electron chi connectivity index (χ2n) is 4.53. The molecule has 2 heterocycles. The number of aliphatic hydroxyl groups excluding tert-OH is 1. The number of hydrogen-bond donors (Lipinski definition) is 1. The number of pyridine rings is 1. The summed E-state index contributed by atoms with van der Waals surface area (Å²) >= 11 is 0. The van der Waals surface area contributed by atoms with E-state index in [0.717, 1.165) is 16.6 Å². The van der Waals surface area contributed by atoms with Crippen molar-refractivity contribution >= 4 is 20.9 Å². The molecule has 0 unspecified atom stereocenters. The van der Waals surface area contributed by atoms with Gasteiger partial charge in [-0.2, -0.15) is 0 Å². The summed E-state index contributed by atoms with van der Waals surface area (Å²) in [4.78, 5) is 4.25. The molecule has 0 aliphatic rings. The molecule has 0 spiro atoms. The predicted molar refractivity (Wildman–Crippen MR) is 74.6 cm³/mol. The molecule has 0 saturated carbocycles. The number of aryl methyl sites for hydroxylation is 1. The molecular weight excluding hydrogens is 264 g/mol. The van der Waals surface area contributed by atoms with E-state index in [1.54, 1.807) is 23.0 Å². The zero-order valence-electron chi connectivity index (χ0n) is 10.9. The van der Waals surface area contributed by atoms with Crippen molar-refractivity contribution in [3.05, 3.63) is 30.1 Å². The zero-order chi connectivity index (χ0) is 13.9. The van der Waals surface area contributed by atoms with Crippen LogP contribution in [-0.4, -0.2) is 34.6 Å². The van der Waals surface area contributed by atoms with E-state index in [0.29, 0.717) is 13.0 Å². The van der Waals surface area contributed by atoms with Crippen molar-refractivity contribution < 1.29 is 13.5 Å². The number of aromatic nitrogens is 2. The number of fused-ring (bicyclic) bond motifs is 1. The molecule has 1 N–H and O–H groups in total. The van der Waals surface area contributed by atoms with Crippen molar-refractivity contribution in [2.24, 2.45) is 0 Å². The van der Waals surface area contributed by atoms with Crippen molar-refractivity contribution in [2.75, 3.05) is 11.5 Å². The van der Waals surface area contributed by atoms with Crippen LogP contribution in [0.3, 0.4) is 0 Å². The fourth-order valence-electron chi connectivity index (χ4n) is 2.14. The molecule has 0 radical (unpaired) electrons. The van der Waals surface area contributed by atoms with Crippen molar-refractivity contribution in [2.45, 2.75) is 26.5 Å².